The van der Waals surface area contributed by atoms with Gasteiger partial charge in [0.25, 0.3) is 0 Å². The number of halogens is 1. The van der Waals surface area contributed by atoms with Gasteiger partial charge in [0.05, 0.1) is 5.02 Å². The molecule has 0 aliphatic carbocycles. The van der Waals surface area contributed by atoms with Crippen LogP contribution in [0.4, 0.5) is 5.69 Å². The molecule has 0 amide bonds. The molecule has 0 saturated heterocycles. The first-order chi connectivity index (χ1) is 6.19. The summed E-state index contributed by atoms with van der Waals surface area (Å²) in [6, 6.07) is 4.96. The molecule has 0 aliphatic heterocycles. The van der Waals surface area contributed by atoms with Crippen LogP contribution >= 0.6 is 11.6 Å². The van der Waals surface area contributed by atoms with E-state index in [1.165, 1.54) is 0 Å². The van der Waals surface area contributed by atoms with Gasteiger partial charge in [-0.3, -0.25) is 0 Å². The van der Waals surface area contributed by atoms with Crippen LogP contribution in [0.15, 0.2) is 23.3 Å². The maximum atomic E-state index is 5.86. The lowest BCUT2D eigenvalue weighted by Gasteiger charge is -2.06. The molecule has 5 nitrogen and oxygen atoms in total. The number of amidine groups is 1. The fraction of sp³-hybridized carbons (Fsp3) is 0. The Balaban J connectivity index is 3.19. The number of hydrazone groups is 1. The van der Waals surface area contributed by atoms with Crippen LogP contribution in [-0.2, 0) is 0 Å². The summed E-state index contributed by atoms with van der Waals surface area (Å²) in [5, 5.41) is 3.90. The van der Waals surface area contributed by atoms with E-state index in [0.29, 0.717) is 16.3 Å². The van der Waals surface area contributed by atoms with Crippen LogP contribution in [0.2, 0.25) is 5.02 Å². The lowest BCUT2D eigenvalue weighted by atomic mass is 10.2. The molecule has 1 rings (SSSR count). The average Bonchev–Trinajstić information content (AvgIpc) is 2.13. The van der Waals surface area contributed by atoms with Gasteiger partial charge in [0.15, 0.2) is 5.84 Å². The first-order valence-electron chi connectivity index (χ1n) is 3.49. The fourth-order valence-corrected chi connectivity index (χ4v) is 1.12. The van der Waals surface area contributed by atoms with Gasteiger partial charge in [-0.15, -0.1) is 0 Å². The monoisotopic (exact) mass is 199 g/mol. The Labute approximate surface area is 80.5 Å². The summed E-state index contributed by atoms with van der Waals surface area (Å²) >= 11 is 5.86. The molecule has 0 unspecified atom stereocenters. The summed E-state index contributed by atoms with van der Waals surface area (Å²) in [5.74, 6) is 10.5. The zero-order valence-electron chi connectivity index (χ0n) is 6.79. The number of hydrogen-bond acceptors (Lipinski definition) is 4. The number of benzene rings is 1. The third-order valence-electron chi connectivity index (χ3n) is 1.51. The van der Waals surface area contributed by atoms with E-state index in [2.05, 4.69) is 10.5 Å². The van der Waals surface area contributed by atoms with Crippen LogP contribution in [0.5, 0.6) is 0 Å². The molecule has 0 atom stereocenters. The normalized spacial score (nSPS) is 11.4. The zero-order valence-corrected chi connectivity index (χ0v) is 7.55. The summed E-state index contributed by atoms with van der Waals surface area (Å²) < 4.78 is 0. The predicted octanol–water partition coefficient (Wildman–Crippen LogP) is 0.00580. The summed E-state index contributed by atoms with van der Waals surface area (Å²) in [4.78, 5) is 0. The molecule has 6 heteroatoms. The van der Waals surface area contributed by atoms with Crippen LogP contribution in [0.25, 0.3) is 0 Å². The second kappa shape index (κ2) is 3.97. The molecular formula is C7H10ClN5. The molecule has 7 N–H and O–H groups in total. The standard InChI is InChI=1S/C7H10ClN5/c8-6-2-1-4(9)3-5(6)7(12-10)13-11/h1-3H,9-11H2,(H,12,13). The number of hydrazine groups is 1. The van der Waals surface area contributed by atoms with Gasteiger partial charge in [0.1, 0.15) is 0 Å². The molecule has 0 aromatic heterocycles. The molecule has 1 aromatic rings. The number of hydrogen-bond donors (Lipinski definition) is 4. The van der Waals surface area contributed by atoms with E-state index >= 15 is 0 Å². The van der Waals surface area contributed by atoms with Crippen molar-refractivity contribution >= 4 is 23.1 Å². The smallest absolute Gasteiger partial charge is 0.168 e. The van der Waals surface area contributed by atoms with Gasteiger partial charge in [-0.2, -0.15) is 5.10 Å². The quantitative estimate of drug-likeness (QED) is 0.168. The van der Waals surface area contributed by atoms with Crippen molar-refractivity contribution in [2.24, 2.45) is 16.8 Å². The van der Waals surface area contributed by atoms with Crippen LogP contribution < -0.4 is 22.8 Å². The van der Waals surface area contributed by atoms with Crippen LogP contribution in [0, 0.1) is 0 Å². The van der Waals surface area contributed by atoms with E-state index in [-0.39, 0.29) is 5.84 Å². The molecule has 0 fully saturated rings. The maximum Gasteiger partial charge on any atom is 0.168 e. The minimum absolute atomic E-state index is 0.289. The van der Waals surface area contributed by atoms with Crippen molar-refractivity contribution in [3.63, 3.8) is 0 Å². The van der Waals surface area contributed by atoms with Gasteiger partial charge in [-0.05, 0) is 18.2 Å². The van der Waals surface area contributed by atoms with Gasteiger partial charge in [-0.25, -0.2) is 5.84 Å². The predicted molar refractivity (Wildman–Crippen MR) is 53.9 cm³/mol. The van der Waals surface area contributed by atoms with E-state index in [0.717, 1.165) is 0 Å². The van der Waals surface area contributed by atoms with E-state index in [1.807, 2.05) is 0 Å². The summed E-state index contributed by atoms with van der Waals surface area (Å²) in [6.45, 7) is 0. The topological polar surface area (TPSA) is 102 Å². The molecule has 70 valence electrons. The van der Waals surface area contributed by atoms with Crippen molar-refractivity contribution in [3.8, 4) is 0 Å². The van der Waals surface area contributed by atoms with E-state index in [1.54, 1.807) is 18.2 Å². The van der Waals surface area contributed by atoms with Gasteiger partial charge in [0, 0.05) is 11.3 Å². The number of anilines is 1. The first kappa shape index (κ1) is 9.63. The molecule has 0 saturated carbocycles. The molecule has 13 heavy (non-hydrogen) atoms. The fourth-order valence-electron chi connectivity index (χ4n) is 0.909. The minimum atomic E-state index is 0.289. The highest BCUT2D eigenvalue weighted by Crippen LogP contribution is 2.18. The molecule has 0 aliphatic rings. The van der Waals surface area contributed by atoms with E-state index in [9.17, 15) is 0 Å². The van der Waals surface area contributed by atoms with E-state index < -0.39 is 0 Å². The van der Waals surface area contributed by atoms with Gasteiger partial charge >= 0.3 is 0 Å². The molecule has 0 heterocycles. The van der Waals surface area contributed by atoms with Crippen molar-refractivity contribution in [1.82, 2.24) is 5.43 Å². The van der Waals surface area contributed by atoms with Crippen LogP contribution in [0.3, 0.4) is 0 Å². The van der Waals surface area contributed by atoms with E-state index in [4.69, 9.17) is 29.0 Å². The number of nitrogens with zero attached hydrogens (tertiary/aromatic N) is 1. The lowest BCUT2D eigenvalue weighted by molar-refractivity contribution is 1.00. The number of nitrogens with two attached hydrogens (primary N) is 3. The Bertz CT molecular complexity index is 336. The van der Waals surface area contributed by atoms with Crippen molar-refractivity contribution in [2.75, 3.05) is 5.73 Å². The highest BCUT2D eigenvalue weighted by atomic mass is 35.5. The summed E-state index contributed by atoms with van der Waals surface area (Å²) in [7, 11) is 0. The highest BCUT2D eigenvalue weighted by Gasteiger charge is 2.06. The van der Waals surface area contributed by atoms with Crippen molar-refractivity contribution < 1.29 is 0 Å². The Morgan fingerprint density at radius 1 is 1.46 bits per heavy atom. The lowest BCUT2D eigenvalue weighted by Crippen LogP contribution is -2.32. The molecule has 1 aromatic carbocycles. The third-order valence-corrected chi connectivity index (χ3v) is 1.84. The average molecular weight is 200 g/mol. The Kier molecular flexibility index (Phi) is 2.94. The maximum absolute atomic E-state index is 5.86. The SMILES string of the molecule is N/N=C(\NN)c1cc(N)ccc1Cl. The van der Waals surface area contributed by atoms with Crippen LogP contribution in [0.1, 0.15) is 5.56 Å². The van der Waals surface area contributed by atoms with Crippen molar-refractivity contribution in [2.45, 2.75) is 0 Å². The Morgan fingerprint density at radius 3 is 2.69 bits per heavy atom. The van der Waals surface area contributed by atoms with Crippen molar-refractivity contribution in [1.29, 1.82) is 0 Å². The summed E-state index contributed by atoms with van der Waals surface area (Å²) in [5.41, 5.74) is 9.01. The van der Waals surface area contributed by atoms with Gasteiger partial charge < -0.3 is 17.0 Å². The van der Waals surface area contributed by atoms with Crippen LogP contribution in [-0.4, -0.2) is 5.84 Å². The minimum Gasteiger partial charge on any atom is -0.399 e. The largest absolute Gasteiger partial charge is 0.399 e. The molecule has 0 bridgehead atoms. The third kappa shape index (κ3) is 2.01. The van der Waals surface area contributed by atoms with Crippen molar-refractivity contribution in [3.05, 3.63) is 28.8 Å². The summed E-state index contributed by atoms with van der Waals surface area (Å²) in [6.07, 6.45) is 0. The first-order valence-corrected chi connectivity index (χ1v) is 3.86. The second-order valence-corrected chi connectivity index (χ2v) is 2.77. The molecular weight excluding hydrogens is 190 g/mol. The number of rotatable bonds is 1. The van der Waals surface area contributed by atoms with Gasteiger partial charge in [-0.1, -0.05) is 11.6 Å². The molecule has 0 radical (unpaired) electrons. The van der Waals surface area contributed by atoms with Gasteiger partial charge in [0.2, 0.25) is 0 Å². The zero-order chi connectivity index (χ0) is 9.84. The Hall–Kier alpha value is -1.46. The Morgan fingerprint density at radius 2 is 2.15 bits per heavy atom. The number of nitrogen functional groups attached to an aromatic ring is 1. The highest BCUT2D eigenvalue weighted by molar-refractivity contribution is 6.34. The second-order valence-electron chi connectivity index (χ2n) is 2.36. The molecule has 0 spiro atoms. The number of nitrogens with one attached hydrogen (secondary N) is 1.